The molecule has 0 amide bonds. The van der Waals surface area contributed by atoms with E-state index in [4.69, 9.17) is 28.9 Å². The summed E-state index contributed by atoms with van der Waals surface area (Å²) in [5, 5.41) is 1.01. The van der Waals surface area contributed by atoms with E-state index in [1.54, 1.807) is 19.1 Å². The quantitative estimate of drug-likeness (QED) is 0.874. The summed E-state index contributed by atoms with van der Waals surface area (Å²) in [6, 6.07) is 10.1. The van der Waals surface area contributed by atoms with Crippen molar-refractivity contribution in [2.75, 3.05) is 0 Å². The first-order valence-corrected chi connectivity index (χ1v) is 6.69. The summed E-state index contributed by atoms with van der Waals surface area (Å²) in [6.45, 7) is 1.72. The molecule has 0 saturated heterocycles. The van der Waals surface area contributed by atoms with Crippen molar-refractivity contribution in [3.8, 4) is 0 Å². The lowest BCUT2D eigenvalue weighted by atomic mass is 9.98. The van der Waals surface area contributed by atoms with Crippen LogP contribution in [0.1, 0.15) is 22.7 Å². The van der Waals surface area contributed by atoms with E-state index >= 15 is 0 Å². The zero-order chi connectivity index (χ0) is 14.0. The molecule has 0 spiro atoms. The molecule has 0 fully saturated rings. The van der Waals surface area contributed by atoms with Crippen molar-refractivity contribution in [3.05, 3.63) is 69.0 Å². The zero-order valence-corrected chi connectivity index (χ0v) is 12.0. The Hall–Kier alpha value is -1.09. The minimum absolute atomic E-state index is 0.245. The minimum Gasteiger partial charge on any atom is -0.324 e. The van der Waals surface area contributed by atoms with Gasteiger partial charge in [-0.15, -0.1) is 0 Å². The standard InChI is InChI=1S/C15H14Cl2FN/c1-9-5-6-10(7-13(9)18)14(19)8-11-3-2-4-12(16)15(11)17/h2-7,14H,8,19H2,1H3. The van der Waals surface area contributed by atoms with Gasteiger partial charge in [-0.05, 0) is 42.2 Å². The third-order valence-corrected chi connectivity index (χ3v) is 3.95. The fourth-order valence-corrected chi connectivity index (χ4v) is 2.30. The van der Waals surface area contributed by atoms with Crippen LogP contribution in [-0.2, 0) is 6.42 Å². The van der Waals surface area contributed by atoms with Crippen molar-refractivity contribution in [1.82, 2.24) is 0 Å². The van der Waals surface area contributed by atoms with Crippen molar-refractivity contribution in [2.24, 2.45) is 5.73 Å². The third-order valence-electron chi connectivity index (χ3n) is 3.10. The molecule has 2 N–H and O–H groups in total. The molecule has 1 atom stereocenters. The van der Waals surface area contributed by atoms with Gasteiger partial charge >= 0.3 is 0 Å². The maximum atomic E-state index is 13.5. The summed E-state index contributed by atoms with van der Waals surface area (Å²) in [5.74, 6) is -0.245. The lowest BCUT2D eigenvalue weighted by molar-refractivity contribution is 0.610. The number of hydrogen-bond acceptors (Lipinski definition) is 1. The molecule has 0 aromatic heterocycles. The van der Waals surface area contributed by atoms with Crippen molar-refractivity contribution >= 4 is 23.2 Å². The van der Waals surface area contributed by atoms with E-state index in [1.165, 1.54) is 6.07 Å². The van der Waals surface area contributed by atoms with Crippen LogP contribution in [0.2, 0.25) is 10.0 Å². The van der Waals surface area contributed by atoms with Gasteiger partial charge in [0.2, 0.25) is 0 Å². The molecule has 100 valence electrons. The molecule has 0 heterocycles. The van der Waals surface area contributed by atoms with E-state index in [0.717, 1.165) is 11.1 Å². The van der Waals surface area contributed by atoms with Gasteiger partial charge < -0.3 is 5.73 Å². The maximum absolute atomic E-state index is 13.5. The molecule has 1 unspecified atom stereocenters. The highest BCUT2D eigenvalue weighted by molar-refractivity contribution is 6.42. The van der Waals surface area contributed by atoms with Gasteiger partial charge in [-0.3, -0.25) is 0 Å². The number of aryl methyl sites for hydroxylation is 1. The van der Waals surface area contributed by atoms with E-state index in [0.29, 0.717) is 22.0 Å². The Balaban J connectivity index is 2.23. The first kappa shape index (κ1) is 14.3. The van der Waals surface area contributed by atoms with E-state index in [2.05, 4.69) is 0 Å². The second-order valence-electron chi connectivity index (χ2n) is 4.53. The number of hydrogen-bond donors (Lipinski definition) is 1. The van der Waals surface area contributed by atoms with Crippen LogP contribution in [0.4, 0.5) is 4.39 Å². The van der Waals surface area contributed by atoms with Crippen LogP contribution >= 0.6 is 23.2 Å². The predicted molar refractivity (Wildman–Crippen MR) is 78.2 cm³/mol. The first-order valence-electron chi connectivity index (χ1n) is 5.93. The monoisotopic (exact) mass is 297 g/mol. The number of halogens is 3. The Morgan fingerprint density at radius 3 is 2.63 bits per heavy atom. The predicted octanol–water partition coefficient (Wildman–Crippen LogP) is 4.68. The second kappa shape index (κ2) is 5.91. The summed E-state index contributed by atoms with van der Waals surface area (Å²) >= 11 is 12.1. The summed E-state index contributed by atoms with van der Waals surface area (Å²) < 4.78 is 13.5. The summed E-state index contributed by atoms with van der Waals surface area (Å²) in [4.78, 5) is 0. The zero-order valence-electron chi connectivity index (χ0n) is 10.5. The molecule has 4 heteroatoms. The third kappa shape index (κ3) is 3.27. The lowest BCUT2D eigenvalue weighted by Gasteiger charge is -2.14. The number of rotatable bonds is 3. The maximum Gasteiger partial charge on any atom is 0.126 e. The number of benzene rings is 2. The molecule has 0 saturated carbocycles. The van der Waals surface area contributed by atoms with Crippen LogP contribution in [0.5, 0.6) is 0 Å². The Kier molecular flexibility index (Phi) is 4.46. The van der Waals surface area contributed by atoms with Gasteiger partial charge in [0.05, 0.1) is 10.0 Å². The topological polar surface area (TPSA) is 26.0 Å². The van der Waals surface area contributed by atoms with Crippen LogP contribution < -0.4 is 5.73 Å². The summed E-state index contributed by atoms with van der Waals surface area (Å²) in [5.41, 5.74) is 8.32. The molecule has 0 aliphatic heterocycles. The molecule has 2 rings (SSSR count). The van der Waals surface area contributed by atoms with Gasteiger partial charge in [0.15, 0.2) is 0 Å². The smallest absolute Gasteiger partial charge is 0.126 e. The molecule has 2 aromatic rings. The summed E-state index contributed by atoms with van der Waals surface area (Å²) in [7, 11) is 0. The van der Waals surface area contributed by atoms with Gasteiger partial charge in [0, 0.05) is 6.04 Å². The average molecular weight is 298 g/mol. The van der Waals surface area contributed by atoms with E-state index in [1.807, 2.05) is 18.2 Å². The van der Waals surface area contributed by atoms with Crippen LogP contribution in [-0.4, -0.2) is 0 Å². The molecule has 0 aliphatic rings. The highest BCUT2D eigenvalue weighted by Crippen LogP contribution is 2.28. The fraction of sp³-hybridized carbons (Fsp3) is 0.200. The van der Waals surface area contributed by atoms with E-state index in [9.17, 15) is 4.39 Å². The molecular formula is C15H14Cl2FN. The highest BCUT2D eigenvalue weighted by atomic mass is 35.5. The van der Waals surface area contributed by atoms with E-state index < -0.39 is 0 Å². The Bertz CT molecular complexity index is 599. The molecule has 1 nitrogen and oxygen atoms in total. The molecule has 2 aromatic carbocycles. The van der Waals surface area contributed by atoms with Crippen molar-refractivity contribution < 1.29 is 4.39 Å². The van der Waals surface area contributed by atoms with Gasteiger partial charge in [-0.25, -0.2) is 4.39 Å². The van der Waals surface area contributed by atoms with Gasteiger partial charge in [0.1, 0.15) is 5.82 Å². The van der Waals surface area contributed by atoms with Gasteiger partial charge in [-0.2, -0.15) is 0 Å². The largest absolute Gasteiger partial charge is 0.324 e. The average Bonchev–Trinajstić information content (AvgIpc) is 2.38. The Labute approximate surface area is 122 Å². The molecular weight excluding hydrogens is 284 g/mol. The van der Waals surface area contributed by atoms with Crippen molar-refractivity contribution in [2.45, 2.75) is 19.4 Å². The lowest BCUT2D eigenvalue weighted by Crippen LogP contribution is -2.14. The highest BCUT2D eigenvalue weighted by Gasteiger charge is 2.12. The summed E-state index contributed by atoms with van der Waals surface area (Å²) in [6.07, 6.45) is 0.516. The van der Waals surface area contributed by atoms with Gasteiger partial charge in [0.25, 0.3) is 0 Å². The van der Waals surface area contributed by atoms with Crippen LogP contribution in [0.25, 0.3) is 0 Å². The Morgan fingerprint density at radius 1 is 1.21 bits per heavy atom. The second-order valence-corrected chi connectivity index (χ2v) is 5.32. The SMILES string of the molecule is Cc1ccc(C(N)Cc2cccc(Cl)c2Cl)cc1F. The van der Waals surface area contributed by atoms with Crippen molar-refractivity contribution in [3.63, 3.8) is 0 Å². The van der Waals surface area contributed by atoms with Crippen LogP contribution in [0.3, 0.4) is 0 Å². The van der Waals surface area contributed by atoms with Crippen LogP contribution in [0, 0.1) is 12.7 Å². The normalized spacial score (nSPS) is 12.5. The molecule has 0 radical (unpaired) electrons. The number of nitrogens with two attached hydrogens (primary N) is 1. The Morgan fingerprint density at radius 2 is 1.95 bits per heavy atom. The van der Waals surface area contributed by atoms with E-state index in [-0.39, 0.29) is 11.9 Å². The molecule has 0 aliphatic carbocycles. The van der Waals surface area contributed by atoms with Crippen molar-refractivity contribution in [1.29, 1.82) is 0 Å². The van der Waals surface area contributed by atoms with Gasteiger partial charge in [-0.1, -0.05) is 47.5 Å². The molecule has 19 heavy (non-hydrogen) atoms. The minimum atomic E-state index is -0.314. The molecule has 0 bridgehead atoms. The van der Waals surface area contributed by atoms with Crippen LogP contribution in [0.15, 0.2) is 36.4 Å². The first-order chi connectivity index (χ1) is 8.99. The fourth-order valence-electron chi connectivity index (χ4n) is 1.90.